The third kappa shape index (κ3) is 2.23. The Balaban J connectivity index is 2.74. The summed E-state index contributed by atoms with van der Waals surface area (Å²) in [4.78, 5) is 24.1. The van der Waals surface area contributed by atoms with Crippen molar-refractivity contribution in [1.29, 1.82) is 0 Å². The van der Waals surface area contributed by atoms with Crippen molar-refractivity contribution in [2.75, 3.05) is 19.6 Å². The molecule has 1 fully saturated rings. The molecule has 0 aromatic rings. The molecule has 80 valence electrons. The first-order valence-electron chi connectivity index (χ1n) is 4.80. The number of carboxylic acid groups (broad SMARTS) is 1. The van der Waals surface area contributed by atoms with Crippen LogP contribution >= 0.6 is 0 Å². The van der Waals surface area contributed by atoms with Crippen molar-refractivity contribution >= 4 is 11.9 Å². The summed E-state index contributed by atoms with van der Waals surface area (Å²) in [6.45, 7) is 5.08. The molecule has 0 saturated carbocycles. The van der Waals surface area contributed by atoms with Gasteiger partial charge in [-0.15, -0.1) is 0 Å². The largest absolute Gasteiger partial charge is 0.481 e. The molecule has 0 radical (unpaired) electrons. The Morgan fingerprint density at radius 2 is 2.36 bits per heavy atom. The lowest BCUT2D eigenvalue weighted by atomic mass is 10.1. The fraction of sp³-hybridized carbons (Fsp3) is 0.778. The van der Waals surface area contributed by atoms with Gasteiger partial charge in [0.2, 0.25) is 5.91 Å². The quantitative estimate of drug-likeness (QED) is 0.632. The molecular weight excluding hydrogens is 184 g/mol. The standard InChI is InChI=1S/C9H16N2O3/c1-3-11-5-7(9(13)14)4-10-8(12)6(11)2/h6-7H,3-5H2,1-2H3,(H,10,12)(H,13,14). The van der Waals surface area contributed by atoms with E-state index in [4.69, 9.17) is 5.11 Å². The predicted octanol–water partition coefficient (Wildman–Crippen LogP) is -0.473. The van der Waals surface area contributed by atoms with E-state index in [1.807, 2.05) is 11.8 Å². The van der Waals surface area contributed by atoms with Crippen LogP contribution in [0.2, 0.25) is 0 Å². The molecule has 5 nitrogen and oxygen atoms in total. The molecule has 0 spiro atoms. The fourth-order valence-electron chi connectivity index (χ4n) is 1.61. The molecule has 1 rings (SSSR count). The molecule has 2 N–H and O–H groups in total. The molecule has 0 bridgehead atoms. The van der Waals surface area contributed by atoms with Gasteiger partial charge in [0.1, 0.15) is 0 Å². The summed E-state index contributed by atoms with van der Waals surface area (Å²) in [6, 6.07) is -0.232. The molecule has 2 atom stereocenters. The third-order valence-corrected chi connectivity index (χ3v) is 2.66. The van der Waals surface area contributed by atoms with Crippen LogP contribution in [-0.2, 0) is 9.59 Å². The van der Waals surface area contributed by atoms with Crippen molar-refractivity contribution in [2.45, 2.75) is 19.9 Å². The monoisotopic (exact) mass is 200 g/mol. The number of likely N-dealkylation sites (N-methyl/N-ethyl adjacent to an activating group) is 1. The van der Waals surface area contributed by atoms with Crippen molar-refractivity contribution in [1.82, 2.24) is 10.2 Å². The SMILES string of the molecule is CCN1CC(C(=O)O)CNC(=O)C1C. The van der Waals surface area contributed by atoms with Crippen LogP contribution in [0.4, 0.5) is 0 Å². The summed E-state index contributed by atoms with van der Waals surface area (Å²) in [5, 5.41) is 11.5. The zero-order chi connectivity index (χ0) is 10.7. The maximum Gasteiger partial charge on any atom is 0.309 e. The van der Waals surface area contributed by atoms with Crippen LogP contribution in [0.5, 0.6) is 0 Å². The highest BCUT2D eigenvalue weighted by Gasteiger charge is 2.30. The van der Waals surface area contributed by atoms with E-state index < -0.39 is 11.9 Å². The third-order valence-electron chi connectivity index (χ3n) is 2.66. The Hall–Kier alpha value is -1.10. The lowest BCUT2D eigenvalue weighted by Gasteiger charge is -2.24. The minimum absolute atomic E-state index is 0.0874. The van der Waals surface area contributed by atoms with Gasteiger partial charge < -0.3 is 10.4 Å². The number of carboxylic acids is 1. The molecule has 0 aliphatic carbocycles. The molecule has 1 saturated heterocycles. The van der Waals surface area contributed by atoms with Gasteiger partial charge in [0.05, 0.1) is 12.0 Å². The van der Waals surface area contributed by atoms with Gasteiger partial charge in [-0.2, -0.15) is 0 Å². The topological polar surface area (TPSA) is 69.6 Å². The number of aliphatic carboxylic acids is 1. The van der Waals surface area contributed by atoms with Crippen LogP contribution in [0, 0.1) is 5.92 Å². The molecule has 1 aliphatic rings. The number of amides is 1. The first-order chi connectivity index (χ1) is 6.56. The minimum Gasteiger partial charge on any atom is -0.481 e. The van der Waals surface area contributed by atoms with E-state index in [9.17, 15) is 9.59 Å². The van der Waals surface area contributed by atoms with Crippen LogP contribution in [0.15, 0.2) is 0 Å². The van der Waals surface area contributed by atoms with Crippen LogP contribution in [-0.4, -0.2) is 47.6 Å². The smallest absolute Gasteiger partial charge is 0.309 e. The van der Waals surface area contributed by atoms with E-state index in [0.29, 0.717) is 13.1 Å². The zero-order valence-electron chi connectivity index (χ0n) is 8.49. The molecule has 1 amide bonds. The summed E-state index contributed by atoms with van der Waals surface area (Å²) in [6.07, 6.45) is 0. The first-order valence-corrected chi connectivity index (χ1v) is 4.80. The average Bonchev–Trinajstić information content (AvgIpc) is 2.28. The van der Waals surface area contributed by atoms with E-state index in [1.54, 1.807) is 6.92 Å². The zero-order valence-corrected chi connectivity index (χ0v) is 8.49. The van der Waals surface area contributed by atoms with Crippen LogP contribution in [0.1, 0.15) is 13.8 Å². The van der Waals surface area contributed by atoms with Gasteiger partial charge in [0.15, 0.2) is 0 Å². The number of nitrogens with zero attached hydrogens (tertiary/aromatic N) is 1. The molecule has 1 heterocycles. The van der Waals surface area contributed by atoms with Crippen molar-refractivity contribution in [2.24, 2.45) is 5.92 Å². The molecule has 0 aromatic heterocycles. The highest BCUT2D eigenvalue weighted by Crippen LogP contribution is 2.09. The fourth-order valence-corrected chi connectivity index (χ4v) is 1.61. The second-order valence-corrected chi connectivity index (χ2v) is 3.54. The molecule has 5 heteroatoms. The Labute approximate surface area is 83.1 Å². The van der Waals surface area contributed by atoms with E-state index >= 15 is 0 Å². The minimum atomic E-state index is -0.849. The van der Waals surface area contributed by atoms with Gasteiger partial charge in [-0.3, -0.25) is 14.5 Å². The van der Waals surface area contributed by atoms with Gasteiger partial charge in [-0.05, 0) is 13.5 Å². The average molecular weight is 200 g/mol. The first kappa shape index (κ1) is 11.0. The maximum atomic E-state index is 11.4. The summed E-state index contributed by atoms with van der Waals surface area (Å²) in [7, 11) is 0. The number of carbonyl (C=O) groups is 2. The molecule has 2 unspecified atom stereocenters. The predicted molar refractivity (Wildman–Crippen MR) is 50.8 cm³/mol. The lowest BCUT2D eigenvalue weighted by Crippen LogP contribution is -2.42. The Morgan fingerprint density at radius 3 is 2.86 bits per heavy atom. The summed E-state index contributed by atoms with van der Waals surface area (Å²) < 4.78 is 0. The van der Waals surface area contributed by atoms with Crippen LogP contribution in [0.3, 0.4) is 0 Å². The summed E-state index contributed by atoms with van der Waals surface area (Å²) in [5.74, 6) is -1.43. The number of hydrogen-bond donors (Lipinski definition) is 2. The van der Waals surface area contributed by atoms with Crippen molar-refractivity contribution in [3.05, 3.63) is 0 Å². The van der Waals surface area contributed by atoms with Gasteiger partial charge >= 0.3 is 5.97 Å². The second-order valence-electron chi connectivity index (χ2n) is 3.54. The van der Waals surface area contributed by atoms with Crippen molar-refractivity contribution in [3.63, 3.8) is 0 Å². The maximum absolute atomic E-state index is 11.4. The molecular formula is C9H16N2O3. The summed E-state index contributed by atoms with van der Waals surface area (Å²) in [5.41, 5.74) is 0. The van der Waals surface area contributed by atoms with Crippen molar-refractivity contribution in [3.8, 4) is 0 Å². The van der Waals surface area contributed by atoms with Gasteiger partial charge in [0.25, 0.3) is 0 Å². The highest BCUT2D eigenvalue weighted by atomic mass is 16.4. The summed E-state index contributed by atoms with van der Waals surface area (Å²) >= 11 is 0. The molecule has 0 aromatic carbocycles. The van der Waals surface area contributed by atoms with Gasteiger partial charge in [-0.1, -0.05) is 6.92 Å². The Morgan fingerprint density at radius 1 is 1.71 bits per heavy atom. The molecule has 14 heavy (non-hydrogen) atoms. The van der Waals surface area contributed by atoms with E-state index in [1.165, 1.54) is 0 Å². The van der Waals surface area contributed by atoms with Crippen LogP contribution in [0.25, 0.3) is 0 Å². The normalized spacial score (nSPS) is 29.4. The number of nitrogens with one attached hydrogen (secondary N) is 1. The Bertz CT molecular complexity index is 242. The highest BCUT2D eigenvalue weighted by molar-refractivity contribution is 5.82. The second kappa shape index (κ2) is 4.41. The number of hydrogen-bond acceptors (Lipinski definition) is 3. The van der Waals surface area contributed by atoms with Gasteiger partial charge in [-0.25, -0.2) is 0 Å². The van der Waals surface area contributed by atoms with E-state index in [-0.39, 0.29) is 18.5 Å². The van der Waals surface area contributed by atoms with Crippen molar-refractivity contribution < 1.29 is 14.7 Å². The van der Waals surface area contributed by atoms with E-state index in [2.05, 4.69) is 5.32 Å². The van der Waals surface area contributed by atoms with E-state index in [0.717, 1.165) is 0 Å². The molecule has 1 aliphatic heterocycles. The lowest BCUT2D eigenvalue weighted by molar-refractivity contribution is -0.142. The number of rotatable bonds is 2. The van der Waals surface area contributed by atoms with Gasteiger partial charge in [0, 0.05) is 13.1 Å². The van der Waals surface area contributed by atoms with Crippen LogP contribution < -0.4 is 5.32 Å². The Kier molecular flexibility index (Phi) is 3.46. The number of carbonyl (C=O) groups excluding carboxylic acids is 1.